The molecular formula is C19H20N2O2. The van der Waals surface area contributed by atoms with Crippen molar-refractivity contribution in [3.8, 4) is 0 Å². The van der Waals surface area contributed by atoms with Crippen LogP contribution in [0.1, 0.15) is 31.0 Å². The Morgan fingerprint density at radius 1 is 1.09 bits per heavy atom. The first-order valence-corrected chi connectivity index (χ1v) is 7.97. The van der Waals surface area contributed by atoms with Gasteiger partial charge >= 0.3 is 0 Å². The lowest BCUT2D eigenvalue weighted by molar-refractivity contribution is -0.139. The molecule has 1 fully saturated rings. The number of aromatic nitrogens is 1. The van der Waals surface area contributed by atoms with E-state index in [4.69, 9.17) is 0 Å². The lowest BCUT2D eigenvalue weighted by atomic mass is 9.76. The first-order chi connectivity index (χ1) is 11.2. The van der Waals surface area contributed by atoms with Crippen molar-refractivity contribution < 1.29 is 9.59 Å². The second-order valence-electron chi connectivity index (χ2n) is 5.90. The number of benzene rings is 1. The molecule has 0 spiro atoms. The minimum Gasteiger partial charge on any atom is -0.281 e. The van der Waals surface area contributed by atoms with Gasteiger partial charge < -0.3 is 0 Å². The third-order valence-corrected chi connectivity index (χ3v) is 4.66. The Kier molecular flexibility index (Phi) is 4.24. The van der Waals surface area contributed by atoms with Crippen LogP contribution in [0, 0.1) is 0 Å². The van der Waals surface area contributed by atoms with Crippen LogP contribution in [0.25, 0.3) is 0 Å². The molecule has 0 saturated carbocycles. The maximum Gasteiger partial charge on any atom is 0.240 e. The number of rotatable bonds is 5. The van der Waals surface area contributed by atoms with E-state index in [1.807, 2.05) is 55.5 Å². The molecule has 0 N–H and O–H groups in total. The Morgan fingerprint density at radius 3 is 2.48 bits per heavy atom. The van der Waals surface area contributed by atoms with Crippen molar-refractivity contribution in [3.05, 3.63) is 66.0 Å². The molecule has 2 aromatic rings. The zero-order valence-electron chi connectivity index (χ0n) is 13.2. The van der Waals surface area contributed by atoms with Gasteiger partial charge in [0.2, 0.25) is 11.8 Å². The molecule has 1 aliphatic rings. The molecule has 1 unspecified atom stereocenters. The second-order valence-corrected chi connectivity index (χ2v) is 5.90. The van der Waals surface area contributed by atoms with Crippen LogP contribution in [0.4, 0.5) is 0 Å². The van der Waals surface area contributed by atoms with Crippen molar-refractivity contribution in [1.82, 2.24) is 9.88 Å². The van der Waals surface area contributed by atoms with Gasteiger partial charge in [-0.3, -0.25) is 19.5 Å². The molecule has 0 aliphatic carbocycles. The molecule has 1 aromatic heterocycles. The van der Waals surface area contributed by atoms with Gasteiger partial charge in [-0.25, -0.2) is 0 Å². The number of hydrogen-bond acceptors (Lipinski definition) is 3. The first kappa shape index (κ1) is 15.4. The predicted octanol–water partition coefficient (Wildman–Crippen LogP) is 2.73. The van der Waals surface area contributed by atoms with Crippen LogP contribution in [0.3, 0.4) is 0 Å². The molecule has 4 heteroatoms. The molecule has 0 radical (unpaired) electrons. The monoisotopic (exact) mass is 308 g/mol. The van der Waals surface area contributed by atoms with Gasteiger partial charge in [0.1, 0.15) is 0 Å². The van der Waals surface area contributed by atoms with E-state index in [-0.39, 0.29) is 18.2 Å². The number of pyridine rings is 1. The number of carbonyl (C=O) groups excluding carboxylic acids is 2. The number of nitrogens with zero attached hydrogens (tertiary/aromatic N) is 2. The smallest absolute Gasteiger partial charge is 0.240 e. The largest absolute Gasteiger partial charge is 0.281 e. The summed E-state index contributed by atoms with van der Waals surface area (Å²) in [5, 5.41) is 0. The summed E-state index contributed by atoms with van der Waals surface area (Å²) in [6.07, 6.45) is 3.20. The van der Waals surface area contributed by atoms with E-state index in [0.717, 1.165) is 11.3 Å². The molecule has 1 aliphatic heterocycles. The Morgan fingerprint density at radius 2 is 1.83 bits per heavy atom. The van der Waals surface area contributed by atoms with Crippen molar-refractivity contribution >= 4 is 11.8 Å². The average molecular weight is 308 g/mol. The minimum absolute atomic E-state index is 0.0767. The Hall–Kier alpha value is -2.49. The minimum atomic E-state index is -0.706. The highest BCUT2D eigenvalue weighted by molar-refractivity contribution is 6.09. The van der Waals surface area contributed by atoms with Crippen LogP contribution in [0.5, 0.6) is 0 Å². The highest BCUT2D eigenvalue weighted by Crippen LogP contribution is 2.39. The van der Waals surface area contributed by atoms with Crippen LogP contribution in [-0.2, 0) is 21.4 Å². The van der Waals surface area contributed by atoms with Crippen molar-refractivity contribution in [2.75, 3.05) is 6.54 Å². The maximum atomic E-state index is 13.0. The Balaban J connectivity index is 1.81. The molecule has 1 atom stereocenters. The van der Waals surface area contributed by atoms with E-state index in [1.54, 1.807) is 6.20 Å². The van der Waals surface area contributed by atoms with Crippen LogP contribution in [0.15, 0.2) is 54.7 Å². The summed E-state index contributed by atoms with van der Waals surface area (Å²) >= 11 is 0. The predicted molar refractivity (Wildman–Crippen MR) is 87.7 cm³/mol. The molecule has 4 nitrogen and oxygen atoms in total. The van der Waals surface area contributed by atoms with Gasteiger partial charge in [0, 0.05) is 31.3 Å². The summed E-state index contributed by atoms with van der Waals surface area (Å²) < 4.78 is 0. The number of amides is 2. The molecule has 2 heterocycles. The van der Waals surface area contributed by atoms with Gasteiger partial charge in [-0.2, -0.15) is 0 Å². The van der Waals surface area contributed by atoms with Crippen molar-refractivity contribution in [2.45, 2.75) is 31.6 Å². The molecule has 0 bridgehead atoms. The van der Waals surface area contributed by atoms with E-state index < -0.39 is 5.41 Å². The van der Waals surface area contributed by atoms with E-state index >= 15 is 0 Å². The van der Waals surface area contributed by atoms with Crippen molar-refractivity contribution in [2.24, 2.45) is 0 Å². The van der Waals surface area contributed by atoms with E-state index in [2.05, 4.69) is 4.98 Å². The topological polar surface area (TPSA) is 50.3 Å². The van der Waals surface area contributed by atoms with E-state index in [1.165, 1.54) is 4.90 Å². The van der Waals surface area contributed by atoms with E-state index in [0.29, 0.717) is 19.4 Å². The number of hydrogen-bond donors (Lipinski definition) is 0. The maximum absolute atomic E-state index is 13.0. The average Bonchev–Trinajstić information content (AvgIpc) is 2.86. The van der Waals surface area contributed by atoms with Crippen LogP contribution in [-0.4, -0.2) is 28.2 Å². The zero-order chi connectivity index (χ0) is 16.3. The SMILES string of the molecule is CCC1(c2ccccc2)CC(=O)N(CCc2ccccn2)C1=O. The molecule has 3 rings (SSSR count). The third-order valence-electron chi connectivity index (χ3n) is 4.66. The zero-order valence-corrected chi connectivity index (χ0v) is 13.2. The summed E-state index contributed by atoms with van der Waals surface area (Å²) in [5.41, 5.74) is 1.12. The fourth-order valence-electron chi connectivity index (χ4n) is 3.26. The van der Waals surface area contributed by atoms with Gasteiger partial charge in [-0.15, -0.1) is 0 Å². The van der Waals surface area contributed by atoms with Gasteiger partial charge in [0.05, 0.1) is 5.41 Å². The summed E-state index contributed by atoms with van der Waals surface area (Å²) in [6.45, 7) is 2.36. The Labute approximate surface area is 136 Å². The van der Waals surface area contributed by atoms with Crippen LogP contribution < -0.4 is 0 Å². The molecule has 1 saturated heterocycles. The van der Waals surface area contributed by atoms with Crippen LogP contribution in [0.2, 0.25) is 0 Å². The highest BCUT2D eigenvalue weighted by Gasteiger charge is 2.51. The summed E-state index contributed by atoms with van der Waals surface area (Å²) in [5.74, 6) is -0.163. The summed E-state index contributed by atoms with van der Waals surface area (Å²) in [6, 6.07) is 15.3. The van der Waals surface area contributed by atoms with Gasteiger partial charge in [-0.05, 0) is 24.1 Å². The number of carbonyl (C=O) groups is 2. The normalized spacial score (nSPS) is 21.0. The highest BCUT2D eigenvalue weighted by atomic mass is 16.2. The fraction of sp³-hybridized carbons (Fsp3) is 0.316. The van der Waals surface area contributed by atoms with Gasteiger partial charge in [0.25, 0.3) is 0 Å². The lowest BCUT2D eigenvalue weighted by Crippen LogP contribution is -2.39. The fourth-order valence-corrected chi connectivity index (χ4v) is 3.26. The Bertz CT molecular complexity index is 700. The summed E-state index contributed by atoms with van der Waals surface area (Å²) in [4.78, 5) is 31.1. The lowest BCUT2D eigenvalue weighted by Gasteiger charge is -2.26. The molecular weight excluding hydrogens is 288 g/mol. The van der Waals surface area contributed by atoms with Crippen LogP contribution >= 0.6 is 0 Å². The van der Waals surface area contributed by atoms with E-state index in [9.17, 15) is 9.59 Å². The summed E-state index contributed by atoms with van der Waals surface area (Å²) in [7, 11) is 0. The molecule has 2 amide bonds. The van der Waals surface area contributed by atoms with Gasteiger partial charge in [-0.1, -0.05) is 43.3 Å². The van der Waals surface area contributed by atoms with Crippen molar-refractivity contribution in [3.63, 3.8) is 0 Å². The molecule has 23 heavy (non-hydrogen) atoms. The third kappa shape index (κ3) is 2.77. The molecule has 1 aromatic carbocycles. The standard InChI is InChI=1S/C19H20N2O2/c1-2-19(15-8-4-3-5-9-15)14-17(22)21(18(19)23)13-11-16-10-6-7-12-20-16/h3-10,12H,2,11,13-14H2,1H3. The molecule has 118 valence electrons. The first-order valence-electron chi connectivity index (χ1n) is 7.97. The number of likely N-dealkylation sites (tertiary alicyclic amines) is 1. The van der Waals surface area contributed by atoms with Crippen molar-refractivity contribution in [1.29, 1.82) is 0 Å². The quantitative estimate of drug-likeness (QED) is 0.798. The number of imide groups is 1. The van der Waals surface area contributed by atoms with Gasteiger partial charge in [0.15, 0.2) is 0 Å². The second kappa shape index (κ2) is 6.32.